The van der Waals surface area contributed by atoms with Crippen LogP contribution >= 0.6 is 24.0 Å². The van der Waals surface area contributed by atoms with Gasteiger partial charge in [-0.3, -0.25) is 9.79 Å². The van der Waals surface area contributed by atoms with Crippen LogP contribution < -0.4 is 10.6 Å². The van der Waals surface area contributed by atoms with Gasteiger partial charge < -0.3 is 20.4 Å². The number of hydrogen-bond acceptors (Lipinski definition) is 3. The van der Waals surface area contributed by atoms with Gasteiger partial charge >= 0.3 is 0 Å². The Hall–Kier alpha value is -0.570. The molecule has 26 heavy (non-hydrogen) atoms. The Kier molecular flexibility index (Phi) is 15.1. The molecule has 0 spiro atoms. The number of rotatable bonds is 11. The standard InChI is InChI=1S/C19H39N5O.HI/c1-5-18(25)24-15-12-17(16-24)22-19(20-6-2)21-13-10-8-7-9-11-14-23(3)4;/h17H,5-16H2,1-4H3,(H2,20,21,22);1H. The summed E-state index contributed by atoms with van der Waals surface area (Å²) in [5.74, 6) is 1.14. The van der Waals surface area contributed by atoms with E-state index in [1.54, 1.807) is 0 Å². The van der Waals surface area contributed by atoms with Gasteiger partial charge in [0.1, 0.15) is 0 Å². The number of amides is 1. The molecule has 1 atom stereocenters. The zero-order valence-corrected chi connectivity index (χ0v) is 19.6. The van der Waals surface area contributed by atoms with E-state index in [1.807, 2.05) is 11.8 Å². The number of guanidine groups is 1. The lowest BCUT2D eigenvalue weighted by atomic mass is 10.1. The molecule has 1 fully saturated rings. The van der Waals surface area contributed by atoms with E-state index >= 15 is 0 Å². The van der Waals surface area contributed by atoms with E-state index in [-0.39, 0.29) is 29.9 Å². The maximum absolute atomic E-state index is 11.8. The molecule has 2 N–H and O–H groups in total. The maximum atomic E-state index is 11.8. The third-order valence-corrected chi connectivity index (χ3v) is 4.56. The van der Waals surface area contributed by atoms with E-state index in [4.69, 9.17) is 4.99 Å². The normalized spacial score (nSPS) is 17.3. The van der Waals surface area contributed by atoms with Crippen LogP contribution in [0.15, 0.2) is 4.99 Å². The summed E-state index contributed by atoms with van der Waals surface area (Å²) in [6.45, 7) is 8.58. The molecule has 6 nitrogen and oxygen atoms in total. The van der Waals surface area contributed by atoms with E-state index in [9.17, 15) is 4.79 Å². The van der Waals surface area contributed by atoms with Gasteiger partial charge in [0.2, 0.25) is 5.91 Å². The van der Waals surface area contributed by atoms with Gasteiger partial charge in [-0.2, -0.15) is 0 Å². The predicted molar refractivity (Wildman–Crippen MR) is 121 cm³/mol. The minimum absolute atomic E-state index is 0. The first-order valence-electron chi connectivity index (χ1n) is 10.0. The number of halogens is 1. The van der Waals surface area contributed by atoms with Gasteiger partial charge in [0.25, 0.3) is 0 Å². The summed E-state index contributed by atoms with van der Waals surface area (Å²) in [5, 5.41) is 6.81. The first-order chi connectivity index (χ1) is 12.1. The van der Waals surface area contributed by atoms with Gasteiger partial charge in [-0.1, -0.05) is 26.2 Å². The monoisotopic (exact) mass is 481 g/mol. The topological polar surface area (TPSA) is 60.0 Å². The summed E-state index contributed by atoms with van der Waals surface area (Å²) in [6.07, 6.45) is 7.88. The van der Waals surface area contributed by atoms with E-state index in [0.717, 1.165) is 45.0 Å². The van der Waals surface area contributed by atoms with E-state index in [1.165, 1.54) is 32.2 Å². The second-order valence-corrected chi connectivity index (χ2v) is 7.15. The number of carbonyl (C=O) groups excluding carboxylic acids is 1. The number of nitrogens with one attached hydrogen (secondary N) is 2. The average molecular weight is 481 g/mol. The number of unbranched alkanes of at least 4 members (excludes halogenated alkanes) is 4. The van der Waals surface area contributed by atoms with Crippen LogP contribution in [-0.4, -0.2) is 74.5 Å². The predicted octanol–water partition coefficient (Wildman–Crippen LogP) is 2.68. The zero-order valence-electron chi connectivity index (χ0n) is 17.2. The van der Waals surface area contributed by atoms with Crippen molar-refractivity contribution in [3.05, 3.63) is 0 Å². The smallest absolute Gasteiger partial charge is 0.222 e. The van der Waals surface area contributed by atoms with Crippen LogP contribution in [0.2, 0.25) is 0 Å². The quantitative estimate of drug-likeness (QED) is 0.206. The fraction of sp³-hybridized carbons (Fsp3) is 0.895. The van der Waals surface area contributed by atoms with Gasteiger partial charge in [-0.15, -0.1) is 24.0 Å². The molecule has 1 heterocycles. The minimum atomic E-state index is 0. The summed E-state index contributed by atoms with van der Waals surface area (Å²) in [4.78, 5) is 20.7. The average Bonchev–Trinajstić information content (AvgIpc) is 3.04. The van der Waals surface area contributed by atoms with Crippen molar-refractivity contribution < 1.29 is 4.79 Å². The van der Waals surface area contributed by atoms with Crippen molar-refractivity contribution in [1.29, 1.82) is 0 Å². The van der Waals surface area contributed by atoms with Crippen LogP contribution in [0.4, 0.5) is 0 Å². The van der Waals surface area contributed by atoms with Gasteiger partial charge in [-0.05, 0) is 46.8 Å². The second kappa shape index (κ2) is 15.5. The van der Waals surface area contributed by atoms with Crippen molar-refractivity contribution >= 4 is 35.8 Å². The van der Waals surface area contributed by atoms with Crippen molar-refractivity contribution in [3.8, 4) is 0 Å². The van der Waals surface area contributed by atoms with E-state index < -0.39 is 0 Å². The van der Waals surface area contributed by atoms with Crippen molar-refractivity contribution in [2.45, 2.75) is 64.8 Å². The molecular weight excluding hydrogens is 441 g/mol. The Labute approximate surface area is 177 Å². The Balaban J connectivity index is 0.00000625. The van der Waals surface area contributed by atoms with Crippen LogP contribution in [0.5, 0.6) is 0 Å². The molecule has 1 rings (SSSR count). The molecule has 0 radical (unpaired) electrons. The van der Waals surface area contributed by atoms with Gasteiger partial charge in [0, 0.05) is 38.6 Å². The minimum Gasteiger partial charge on any atom is -0.357 e. The highest BCUT2D eigenvalue weighted by Crippen LogP contribution is 2.10. The lowest BCUT2D eigenvalue weighted by Crippen LogP contribution is -2.45. The first kappa shape index (κ1) is 25.4. The Morgan fingerprint density at radius 2 is 1.85 bits per heavy atom. The Morgan fingerprint density at radius 3 is 2.50 bits per heavy atom. The molecule has 7 heteroatoms. The van der Waals surface area contributed by atoms with Crippen molar-refractivity contribution in [2.24, 2.45) is 4.99 Å². The van der Waals surface area contributed by atoms with Crippen molar-refractivity contribution in [2.75, 3.05) is 46.8 Å². The molecule has 154 valence electrons. The summed E-state index contributed by atoms with van der Waals surface area (Å²) in [6, 6.07) is 0.319. The van der Waals surface area contributed by atoms with Crippen LogP contribution in [0, 0.1) is 0 Å². The Morgan fingerprint density at radius 1 is 1.15 bits per heavy atom. The maximum Gasteiger partial charge on any atom is 0.222 e. The molecule has 0 aromatic heterocycles. The molecule has 0 aliphatic carbocycles. The van der Waals surface area contributed by atoms with Crippen LogP contribution in [0.25, 0.3) is 0 Å². The molecule has 0 bridgehead atoms. The molecule has 1 saturated heterocycles. The third-order valence-electron chi connectivity index (χ3n) is 4.56. The molecule has 1 unspecified atom stereocenters. The van der Waals surface area contributed by atoms with Gasteiger partial charge in [-0.25, -0.2) is 0 Å². The van der Waals surface area contributed by atoms with Crippen LogP contribution in [-0.2, 0) is 4.79 Å². The third kappa shape index (κ3) is 11.2. The summed E-state index contributed by atoms with van der Waals surface area (Å²) in [7, 11) is 4.26. The van der Waals surface area contributed by atoms with E-state index in [0.29, 0.717) is 12.5 Å². The number of aliphatic imine (C=N–C) groups is 1. The number of carbonyl (C=O) groups is 1. The number of nitrogens with zero attached hydrogens (tertiary/aromatic N) is 3. The Bertz CT molecular complexity index is 403. The lowest BCUT2D eigenvalue weighted by Gasteiger charge is -2.18. The molecule has 0 aromatic rings. The summed E-state index contributed by atoms with van der Waals surface area (Å²) in [5.41, 5.74) is 0. The van der Waals surface area contributed by atoms with E-state index in [2.05, 4.69) is 36.6 Å². The molecule has 1 amide bonds. The summed E-state index contributed by atoms with van der Waals surface area (Å²) < 4.78 is 0. The van der Waals surface area contributed by atoms with Gasteiger partial charge in [0.05, 0.1) is 0 Å². The number of likely N-dealkylation sites (tertiary alicyclic amines) is 1. The lowest BCUT2D eigenvalue weighted by molar-refractivity contribution is -0.129. The molecule has 0 saturated carbocycles. The molecule has 1 aliphatic heterocycles. The molecular formula is C19H40IN5O. The first-order valence-corrected chi connectivity index (χ1v) is 10.0. The highest BCUT2D eigenvalue weighted by molar-refractivity contribution is 14.0. The van der Waals surface area contributed by atoms with Gasteiger partial charge in [0.15, 0.2) is 5.96 Å². The highest BCUT2D eigenvalue weighted by atomic mass is 127. The molecule has 1 aliphatic rings. The fourth-order valence-corrected chi connectivity index (χ4v) is 3.10. The zero-order chi connectivity index (χ0) is 18.5. The van der Waals surface area contributed by atoms with Crippen molar-refractivity contribution in [1.82, 2.24) is 20.4 Å². The molecule has 0 aromatic carbocycles. The largest absolute Gasteiger partial charge is 0.357 e. The van der Waals surface area contributed by atoms with Crippen LogP contribution in [0.3, 0.4) is 0 Å². The van der Waals surface area contributed by atoms with Crippen molar-refractivity contribution in [3.63, 3.8) is 0 Å². The number of hydrogen-bond donors (Lipinski definition) is 2. The fourth-order valence-electron chi connectivity index (χ4n) is 3.10. The van der Waals surface area contributed by atoms with Crippen LogP contribution in [0.1, 0.15) is 58.8 Å². The highest BCUT2D eigenvalue weighted by Gasteiger charge is 2.25. The SMILES string of the molecule is CCNC(=NCCCCCCCN(C)C)NC1CCN(C(=O)CC)C1.I. The second-order valence-electron chi connectivity index (χ2n) is 7.15. The summed E-state index contributed by atoms with van der Waals surface area (Å²) >= 11 is 0.